The van der Waals surface area contributed by atoms with Crippen LogP contribution in [0.5, 0.6) is 0 Å². The second-order valence-corrected chi connectivity index (χ2v) is 31.6. The Balaban J connectivity index is 0.000000173. The summed E-state index contributed by atoms with van der Waals surface area (Å²) in [6, 6.07) is 26.3. The molecule has 6 aromatic carbocycles. The van der Waals surface area contributed by atoms with Gasteiger partial charge in [-0.25, -0.2) is 0 Å². The summed E-state index contributed by atoms with van der Waals surface area (Å²) in [5, 5.41) is 18.1. The van der Waals surface area contributed by atoms with Gasteiger partial charge in [-0.2, -0.15) is 79.0 Å². The van der Waals surface area contributed by atoms with E-state index in [2.05, 4.69) is 24.5 Å². The summed E-state index contributed by atoms with van der Waals surface area (Å²) in [6.45, 7) is 27.4. The Morgan fingerprint density at radius 2 is 0.687 bits per heavy atom. The van der Waals surface area contributed by atoms with Gasteiger partial charge in [0.25, 0.3) is 0 Å². The number of nitrogens with zero attached hydrogens (tertiary/aromatic N) is 9. The molecular weight excluding hydrogens is 1540 g/mol. The molecule has 13 rings (SSSR count). The maximum atomic E-state index is 13.0. The number of piperidine rings is 1. The highest BCUT2D eigenvalue weighted by atomic mass is 19.4. The molecule has 4 atom stereocenters. The number of piperazine rings is 1. The van der Waals surface area contributed by atoms with Crippen LogP contribution in [0.4, 0.5) is 113 Å². The van der Waals surface area contributed by atoms with Gasteiger partial charge < -0.3 is 49.2 Å². The molecule has 640 valence electrons. The normalized spacial score (nSPS) is 20.6. The number of aryl methyl sites for hydroxylation is 6. The topological polar surface area (TPSA) is 78.8 Å². The molecule has 7 fully saturated rings. The zero-order chi connectivity index (χ0) is 84.7. The first-order chi connectivity index (χ1) is 53.7. The third-order valence-corrected chi connectivity index (χ3v) is 21.6. The summed E-state index contributed by atoms with van der Waals surface area (Å²) in [6.07, 6.45) is -14.5. The number of hydrogen-bond donors (Lipinski definition) is 2. The number of aliphatic hydroxyl groups is 2. The summed E-state index contributed by atoms with van der Waals surface area (Å²) in [7, 11) is 3.69. The molecule has 0 spiro atoms. The minimum atomic E-state index is -4.33. The molecule has 115 heavy (non-hydrogen) atoms. The average Bonchev–Trinajstić information content (AvgIpc) is 1.80. The number of anilines is 6. The van der Waals surface area contributed by atoms with Gasteiger partial charge in [-0.05, 0) is 270 Å². The third kappa shape index (κ3) is 28.7. The third-order valence-electron chi connectivity index (χ3n) is 21.6. The molecule has 7 aliphatic rings. The van der Waals surface area contributed by atoms with Crippen LogP contribution in [0.2, 0.25) is 0 Å². The van der Waals surface area contributed by atoms with Crippen molar-refractivity contribution in [3.8, 4) is 0 Å². The van der Waals surface area contributed by atoms with Gasteiger partial charge in [0.1, 0.15) is 0 Å². The first-order valence-electron chi connectivity index (χ1n) is 39.4. The summed E-state index contributed by atoms with van der Waals surface area (Å²) in [5.74, 6) is 0. The number of hydrogen-bond acceptors (Lipinski definition) is 12. The average molecular weight is 1650 g/mol. The van der Waals surface area contributed by atoms with Gasteiger partial charge in [-0.1, -0.05) is 19.3 Å². The molecule has 0 amide bonds. The predicted octanol–water partition coefficient (Wildman–Crippen LogP) is 20.0. The number of ether oxygens (including phenoxy) is 1. The number of aliphatic hydroxyl groups excluding tert-OH is 2. The fourth-order valence-corrected chi connectivity index (χ4v) is 15.8. The van der Waals surface area contributed by atoms with Crippen molar-refractivity contribution >= 4 is 34.1 Å². The van der Waals surface area contributed by atoms with E-state index < -0.39 is 76.5 Å². The Kier molecular flexibility index (Phi) is 32.7. The van der Waals surface area contributed by atoms with Crippen molar-refractivity contribution in [2.24, 2.45) is 0 Å². The number of halogens is 18. The van der Waals surface area contributed by atoms with Crippen LogP contribution in [0.3, 0.4) is 0 Å². The predicted molar refractivity (Wildman–Crippen MR) is 419 cm³/mol. The van der Waals surface area contributed by atoms with Crippen LogP contribution in [0.1, 0.15) is 145 Å². The lowest BCUT2D eigenvalue weighted by atomic mass is 10.1. The Morgan fingerprint density at radius 1 is 0.339 bits per heavy atom. The zero-order valence-corrected chi connectivity index (χ0v) is 67.2. The fraction of sp³-hybridized carbons (Fsp3) is 0.576. The molecule has 4 unspecified atom stereocenters. The van der Waals surface area contributed by atoms with Gasteiger partial charge in [0.2, 0.25) is 0 Å². The van der Waals surface area contributed by atoms with Crippen LogP contribution < -0.4 is 29.4 Å². The second-order valence-electron chi connectivity index (χ2n) is 31.6. The van der Waals surface area contributed by atoms with E-state index in [9.17, 15) is 84.1 Å². The van der Waals surface area contributed by atoms with Crippen LogP contribution >= 0.6 is 0 Å². The van der Waals surface area contributed by atoms with Gasteiger partial charge in [0.05, 0.1) is 58.3 Å². The monoisotopic (exact) mass is 1650 g/mol. The molecule has 30 heteroatoms. The van der Waals surface area contributed by atoms with Gasteiger partial charge in [-0.3, -0.25) is 9.80 Å². The Hall–Kier alpha value is -7.38. The van der Waals surface area contributed by atoms with Crippen LogP contribution in [0.15, 0.2) is 109 Å². The first kappa shape index (κ1) is 93.1. The second kappa shape index (κ2) is 40.4. The standard InChI is InChI=1S/2C17H23F3N2.C14H19F3N2.C14H18F3NO.C12H14F3NO.C11H14F3NO/c1-13-9-14(17(18,19)20)11-16(10-13)22-8-5-15(12-22)21-6-3-2-4-7-21;1-13-10-14(17(18,19)20)12-16(11-13)22-8-6-21(7-9-22)15-4-2-3-5-15;1-11-8-12(14(15,16)17)10-13(9-11)19-5-3-4-18(2)6-7-19;1-9-4-12(14(15,16)17)6-13(5-9)18-7-10(2)19-11(3)8-18;1-8-4-9(12(13,14)15)6-10(5-8)16-3-2-11(17)7-16;1-8-5-9(11(12,13)14)7-10(6-8)15(2)3-4-16/h9-11,15H,2-8,12H2,1H3;10-12,15H,2-9H2,1H3;8-10H,3-7H2,1-2H3;4-6,10-11H,7-8H2,1-3H3;4-6,11,17H,2-3,7H2,1H3;5-7,16H,3-4H2,1-2H3. The molecule has 6 aromatic rings. The molecule has 6 saturated heterocycles. The van der Waals surface area contributed by atoms with Crippen molar-refractivity contribution in [2.75, 3.05) is 161 Å². The quantitative estimate of drug-likeness (QED) is 0.128. The fourth-order valence-electron chi connectivity index (χ4n) is 15.8. The largest absolute Gasteiger partial charge is 0.416 e. The van der Waals surface area contributed by atoms with Crippen molar-refractivity contribution in [1.82, 2.24) is 14.7 Å². The summed E-state index contributed by atoms with van der Waals surface area (Å²) in [5.41, 5.74) is 3.96. The van der Waals surface area contributed by atoms with Crippen molar-refractivity contribution < 1.29 is 94.0 Å². The number of rotatable bonds is 10. The summed E-state index contributed by atoms with van der Waals surface area (Å²) < 4.78 is 236. The molecule has 6 heterocycles. The van der Waals surface area contributed by atoms with Crippen LogP contribution in [-0.4, -0.2) is 187 Å². The van der Waals surface area contributed by atoms with E-state index in [1.54, 1.807) is 76.6 Å². The van der Waals surface area contributed by atoms with E-state index in [0.717, 1.165) is 116 Å². The number of likely N-dealkylation sites (N-methyl/N-ethyl adjacent to an activating group) is 2. The van der Waals surface area contributed by atoms with E-state index in [4.69, 9.17) is 9.84 Å². The lowest BCUT2D eigenvalue weighted by Gasteiger charge is -2.39. The number of likely N-dealkylation sites (tertiary alicyclic amines) is 1. The van der Waals surface area contributed by atoms with Crippen molar-refractivity contribution in [3.05, 3.63) is 176 Å². The van der Waals surface area contributed by atoms with Crippen LogP contribution in [0, 0.1) is 41.5 Å². The van der Waals surface area contributed by atoms with Gasteiger partial charge in [0, 0.05) is 145 Å². The van der Waals surface area contributed by atoms with Gasteiger partial charge in [-0.15, -0.1) is 0 Å². The number of alkyl halides is 18. The van der Waals surface area contributed by atoms with E-state index in [1.807, 2.05) is 48.9 Å². The van der Waals surface area contributed by atoms with Crippen LogP contribution in [0.25, 0.3) is 0 Å². The highest BCUT2D eigenvalue weighted by Gasteiger charge is 2.39. The highest BCUT2D eigenvalue weighted by Crippen LogP contribution is 2.41. The van der Waals surface area contributed by atoms with Crippen molar-refractivity contribution in [3.63, 3.8) is 0 Å². The van der Waals surface area contributed by atoms with Gasteiger partial charge in [0.15, 0.2) is 0 Å². The molecule has 0 bridgehead atoms. The maximum absolute atomic E-state index is 13.0. The molecular formula is C85H111F18N9O3. The highest BCUT2D eigenvalue weighted by molar-refractivity contribution is 5.57. The molecule has 1 saturated carbocycles. The van der Waals surface area contributed by atoms with E-state index >= 15 is 0 Å². The van der Waals surface area contributed by atoms with Crippen molar-refractivity contribution in [2.45, 2.75) is 187 Å². The van der Waals surface area contributed by atoms with Crippen molar-refractivity contribution in [1.29, 1.82) is 0 Å². The Labute approximate surface area is 664 Å². The van der Waals surface area contributed by atoms with E-state index in [-0.39, 0.29) is 18.8 Å². The van der Waals surface area contributed by atoms with Gasteiger partial charge >= 0.3 is 37.1 Å². The molecule has 6 aliphatic heterocycles. The summed E-state index contributed by atoms with van der Waals surface area (Å²) >= 11 is 0. The molecule has 0 radical (unpaired) electrons. The summed E-state index contributed by atoms with van der Waals surface area (Å²) in [4.78, 5) is 18.8. The lowest BCUT2D eigenvalue weighted by Crippen LogP contribution is -2.49. The number of benzene rings is 6. The Morgan fingerprint density at radius 3 is 1.08 bits per heavy atom. The first-order valence-corrected chi connectivity index (χ1v) is 39.4. The molecule has 12 nitrogen and oxygen atoms in total. The number of β-amino-alcohol motifs (C(OH)–C–C–N with tert-alkyl or cyclic N) is 1. The Bertz CT molecular complexity index is 4030. The number of morpholine rings is 1. The smallest absolute Gasteiger partial charge is 0.395 e. The minimum absolute atomic E-state index is 0.0265. The van der Waals surface area contributed by atoms with Crippen LogP contribution in [-0.2, 0) is 41.8 Å². The molecule has 2 N–H and O–H groups in total. The molecule has 0 aromatic heterocycles. The van der Waals surface area contributed by atoms with E-state index in [1.165, 1.54) is 93.5 Å². The minimum Gasteiger partial charge on any atom is -0.395 e. The van der Waals surface area contributed by atoms with E-state index in [0.29, 0.717) is 119 Å². The maximum Gasteiger partial charge on any atom is 0.416 e. The lowest BCUT2D eigenvalue weighted by molar-refractivity contribution is -0.138. The zero-order valence-electron chi connectivity index (χ0n) is 67.2. The SMILES string of the molecule is Cc1cc(N(C)CCO)cc(C(F)(F)F)c1.Cc1cc(N2CC(C)OC(C)C2)cc(C(F)(F)F)c1.Cc1cc(N2CCC(N3CCCCC3)C2)cc(C(F)(F)F)c1.Cc1cc(N2CCC(O)C2)cc(C(F)(F)F)c1.Cc1cc(N2CCCN(C)CC2)cc(C(F)(F)F)c1.Cc1cc(N2CCN(C3CCCC3)CC2)cc(C(F)(F)F)c1. The molecule has 1 aliphatic carbocycles.